The molecule has 0 radical (unpaired) electrons. The Kier molecular flexibility index (Phi) is 2.59. The van der Waals surface area contributed by atoms with E-state index in [0.717, 1.165) is 41.0 Å². The number of amides is 1. The van der Waals surface area contributed by atoms with Crippen molar-refractivity contribution in [2.75, 3.05) is 17.2 Å². The maximum absolute atomic E-state index is 12.5. The first-order valence-electron chi connectivity index (χ1n) is 5.90. The van der Waals surface area contributed by atoms with E-state index in [-0.39, 0.29) is 5.91 Å². The van der Waals surface area contributed by atoms with E-state index in [1.54, 1.807) is 11.3 Å². The van der Waals surface area contributed by atoms with Gasteiger partial charge in [-0.2, -0.15) is 11.3 Å². The van der Waals surface area contributed by atoms with Crippen LogP contribution in [0.25, 0.3) is 0 Å². The van der Waals surface area contributed by atoms with E-state index in [0.29, 0.717) is 0 Å². The summed E-state index contributed by atoms with van der Waals surface area (Å²) in [5.41, 5.74) is 10.6. The van der Waals surface area contributed by atoms with Gasteiger partial charge in [-0.1, -0.05) is 6.07 Å². The molecule has 1 aromatic carbocycles. The number of benzene rings is 1. The molecule has 0 unspecified atom stereocenters. The molecule has 92 valence electrons. The molecule has 4 heteroatoms. The van der Waals surface area contributed by atoms with Gasteiger partial charge in [0.15, 0.2) is 0 Å². The lowest BCUT2D eigenvalue weighted by atomic mass is 10.1. The SMILES string of the molecule is Cc1cscc1C(=O)N1CCc2c(N)cccc21. The Labute approximate surface area is 110 Å². The number of carbonyl (C=O) groups excluding carboxylic acids is 1. The Morgan fingerprint density at radius 3 is 2.94 bits per heavy atom. The predicted octanol–water partition coefficient (Wildman–Crippen LogP) is 2.84. The van der Waals surface area contributed by atoms with Crippen molar-refractivity contribution in [2.45, 2.75) is 13.3 Å². The van der Waals surface area contributed by atoms with Gasteiger partial charge in [-0.15, -0.1) is 0 Å². The molecular weight excluding hydrogens is 244 g/mol. The molecule has 2 aromatic rings. The van der Waals surface area contributed by atoms with Crippen molar-refractivity contribution in [3.8, 4) is 0 Å². The number of aryl methyl sites for hydroxylation is 1. The number of nitrogens with zero attached hydrogens (tertiary/aromatic N) is 1. The van der Waals surface area contributed by atoms with Crippen LogP contribution in [-0.2, 0) is 6.42 Å². The van der Waals surface area contributed by atoms with Crippen LogP contribution in [0, 0.1) is 6.92 Å². The van der Waals surface area contributed by atoms with Gasteiger partial charge in [-0.05, 0) is 36.4 Å². The maximum atomic E-state index is 12.5. The summed E-state index contributed by atoms with van der Waals surface area (Å²) in [7, 11) is 0. The second kappa shape index (κ2) is 4.14. The quantitative estimate of drug-likeness (QED) is 0.799. The number of fused-ring (bicyclic) bond motifs is 1. The fourth-order valence-electron chi connectivity index (χ4n) is 2.40. The van der Waals surface area contributed by atoms with Gasteiger partial charge in [-0.25, -0.2) is 0 Å². The van der Waals surface area contributed by atoms with E-state index in [1.807, 2.05) is 40.8 Å². The summed E-state index contributed by atoms with van der Waals surface area (Å²) < 4.78 is 0. The molecule has 18 heavy (non-hydrogen) atoms. The largest absolute Gasteiger partial charge is 0.398 e. The third-order valence-electron chi connectivity index (χ3n) is 3.39. The summed E-state index contributed by atoms with van der Waals surface area (Å²) in [6.07, 6.45) is 0.844. The Morgan fingerprint density at radius 2 is 2.22 bits per heavy atom. The van der Waals surface area contributed by atoms with Gasteiger partial charge >= 0.3 is 0 Å². The minimum Gasteiger partial charge on any atom is -0.398 e. The second-order valence-electron chi connectivity index (χ2n) is 4.52. The normalized spacial score (nSPS) is 13.7. The molecule has 0 bridgehead atoms. The number of carbonyl (C=O) groups is 1. The monoisotopic (exact) mass is 258 g/mol. The zero-order chi connectivity index (χ0) is 12.7. The molecule has 1 aromatic heterocycles. The smallest absolute Gasteiger partial charge is 0.259 e. The first-order valence-corrected chi connectivity index (χ1v) is 6.85. The molecule has 0 saturated carbocycles. The van der Waals surface area contributed by atoms with Crippen LogP contribution >= 0.6 is 11.3 Å². The van der Waals surface area contributed by atoms with Crippen LogP contribution in [0.15, 0.2) is 29.0 Å². The van der Waals surface area contributed by atoms with Gasteiger partial charge in [0.25, 0.3) is 5.91 Å². The number of nitrogen functional groups attached to an aromatic ring is 1. The Morgan fingerprint density at radius 1 is 1.39 bits per heavy atom. The molecule has 0 fully saturated rings. The molecule has 1 amide bonds. The highest BCUT2D eigenvalue weighted by Gasteiger charge is 2.27. The fraction of sp³-hybridized carbons (Fsp3) is 0.214. The summed E-state index contributed by atoms with van der Waals surface area (Å²) in [5.74, 6) is 0.0816. The van der Waals surface area contributed by atoms with Crippen LogP contribution in [0.2, 0.25) is 0 Å². The van der Waals surface area contributed by atoms with E-state index in [9.17, 15) is 4.79 Å². The zero-order valence-corrected chi connectivity index (χ0v) is 11.0. The number of anilines is 2. The van der Waals surface area contributed by atoms with Gasteiger partial charge in [0.05, 0.1) is 5.56 Å². The van der Waals surface area contributed by atoms with E-state index >= 15 is 0 Å². The molecule has 0 saturated heterocycles. The van der Waals surface area contributed by atoms with Crippen molar-refractivity contribution >= 4 is 28.6 Å². The Hall–Kier alpha value is -1.81. The molecular formula is C14H14N2OS. The lowest BCUT2D eigenvalue weighted by molar-refractivity contribution is 0.0989. The summed E-state index contributed by atoms with van der Waals surface area (Å²) >= 11 is 1.57. The fourth-order valence-corrected chi connectivity index (χ4v) is 3.22. The van der Waals surface area contributed by atoms with Crippen molar-refractivity contribution in [3.05, 3.63) is 45.6 Å². The van der Waals surface area contributed by atoms with Gasteiger partial charge in [-0.3, -0.25) is 4.79 Å². The highest BCUT2D eigenvalue weighted by molar-refractivity contribution is 7.08. The third-order valence-corrected chi connectivity index (χ3v) is 4.26. The topological polar surface area (TPSA) is 46.3 Å². The number of hydrogen-bond donors (Lipinski definition) is 1. The first-order chi connectivity index (χ1) is 8.68. The van der Waals surface area contributed by atoms with Crippen molar-refractivity contribution in [3.63, 3.8) is 0 Å². The van der Waals surface area contributed by atoms with E-state index in [4.69, 9.17) is 5.73 Å². The maximum Gasteiger partial charge on any atom is 0.259 e. The van der Waals surface area contributed by atoms with Gasteiger partial charge < -0.3 is 10.6 Å². The second-order valence-corrected chi connectivity index (χ2v) is 5.26. The van der Waals surface area contributed by atoms with E-state index in [2.05, 4.69) is 0 Å². The van der Waals surface area contributed by atoms with Gasteiger partial charge in [0.2, 0.25) is 0 Å². The average Bonchev–Trinajstić information content (AvgIpc) is 2.95. The Balaban J connectivity index is 2.00. The third kappa shape index (κ3) is 1.61. The zero-order valence-electron chi connectivity index (χ0n) is 10.1. The van der Waals surface area contributed by atoms with Crippen LogP contribution in [0.5, 0.6) is 0 Å². The molecule has 2 heterocycles. The Bertz CT molecular complexity index is 618. The summed E-state index contributed by atoms with van der Waals surface area (Å²) in [5, 5.41) is 3.92. The number of nitrogens with two attached hydrogens (primary N) is 1. The highest BCUT2D eigenvalue weighted by Crippen LogP contribution is 2.33. The standard InChI is InChI=1S/C14H14N2OS/c1-9-7-18-8-11(9)14(17)16-6-5-10-12(15)3-2-4-13(10)16/h2-4,7-8H,5-6,15H2,1H3. The summed E-state index contributed by atoms with van der Waals surface area (Å²) in [4.78, 5) is 14.3. The van der Waals surface area contributed by atoms with Crippen LogP contribution in [-0.4, -0.2) is 12.5 Å². The van der Waals surface area contributed by atoms with E-state index in [1.165, 1.54) is 0 Å². The molecule has 3 nitrogen and oxygen atoms in total. The molecule has 0 atom stereocenters. The summed E-state index contributed by atoms with van der Waals surface area (Å²) in [6.45, 7) is 2.69. The lowest BCUT2D eigenvalue weighted by Gasteiger charge is -2.17. The average molecular weight is 258 g/mol. The molecule has 0 aliphatic carbocycles. The van der Waals surface area contributed by atoms with Crippen molar-refractivity contribution in [2.24, 2.45) is 0 Å². The number of rotatable bonds is 1. The lowest BCUT2D eigenvalue weighted by Crippen LogP contribution is -2.28. The van der Waals surface area contributed by atoms with Crippen molar-refractivity contribution in [1.29, 1.82) is 0 Å². The van der Waals surface area contributed by atoms with Crippen molar-refractivity contribution in [1.82, 2.24) is 0 Å². The number of hydrogen-bond acceptors (Lipinski definition) is 3. The molecule has 2 N–H and O–H groups in total. The number of thiophene rings is 1. The van der Waals surface area contributed by atoms with Gasteiger partial charge in [0.1, 0.15) is 0 Å². The predicted molar refractivity (Wildman–Crippen MR) is 75.3 cm³/mol. The first kappa shape index (κ1) is 11.3. The van der Waals surface area contributed by atoms with Crippen molar-refractivity contribution < 1.29 is 4.79 Å². The van der Waals surface area contributed by atoms with Crippen LogP contribution in [0.1, 0.15) is 21.5 Å². The molecule has 3 rings (SSSR count). The highest BCUT2D eigenvalue weighted by atomic mass is 32.1. The molecule has 0 spiro atoms. The van der Waals surface area contributed by atoms with Crippen LogP contribution in [0.4, 0.5) is 11.4 Å². The molecule has 1 aliphatic heterocycles. The van der Waals surface area contributed by atoms with E-state index < -0.39 is 0 Å². The minimum absolute atomic E-state index is 0.0816. The van der Waals surface area contributed by atoms with Crippen LogP contribution < -0.4 is 10.6 Å². The van der Waals surface area contributed by atoms with Gasteiger partial charge in [0, 0.05) is 28.9 Å². The van der Waals surface area contributed by atoms with Crippen LogP contribution in [0.3, 0.4) is 0 Å². The summed E-state index contributed by atoms with van der Waals surface area (Å²) in [6, 6.07) is 5.77. The minimum atomic E-state index is 0.0816. The molecule has 1 aliphatic rings.